The quantitative estimate of drug-likeness (QED) is 0.169. The summed E-state index contributed by atoms with van der Waals surface area (Å²) >= 11 is 1.64. The van der Waals surface area contributed by atoms with E-state index in [0.29, 0.717) is 47.3 Å². The number of carbonyl (C=O) groups is 1. The topological polar surface area (TPSA) is 181 Å². The summed E-state index contributed by atoms with van der Waals surface area (Å²) < 4.78 is 13.1. The Morgan fingerprint density at radius 3 is 2.92 bits per heavy atom. The Balaban J connectivity index is 1.08. The lowest BCUT2D eigenvalue weighted by Gasteiger charge is -2.30. The van der Waals surface area contributed by atoms with Gasteiger partial charge in [-0.15, -0.1) is 11.3 Å². The van der Waals surface area contributed by atoms with Gasteiger partial charge in [-0.1, -0.05) is 29.3 Å². The predicted octanol–water partition coefficient (Wildman–Crippen LogP) is 5.87. The maximum absolute atomic E-state index is 11.6. The van der Waals surface area contributed by atoms with Crippen molar-refractivity contribution >= 4 is 28.3 Å². The van der Waals surface area contributed by atoms with Gasteiger partial charge in [-0.25, -0.2) is 19.4 Å². The van der Waals surface area contributed by atoms with Gasteiger partial charge in [0, 0.05) is 36.3 Å². The summed E-state index contributed by atoms with van der Waals surface area (Å²) in [5.41, 5.74) is 1.71. The SMILES string of the molecule is CNc1sc2c(c1C#N)[C@@](C)(c1nc(-c3ccnc(N4CCCC(CCCOc5cn(C(C(=O)O)C(C)C)nn5)C[C@@H]4C)n3)no1)CCC2. The molecule has 1 aliphatic heterocycles. The molecule has 15 heteroatoms. The fraction of sp³-hybridized carbons (Fsp3) is 0.588. The number of nitriles is 1. The molecule has 0 saturated carbocycles. The highest BCUT2D eigenvalue weighted by atomic mass is 32.1. The van der Waals surface area contributed by atoms with Crippen LogP contribution in [0.15, 0.2) is 23.0 Å². The summed E-state index contributed by atoms with van der Waals surface area (Å²) in [5, 5.41) is 35.9. The number of aryl methyl sites for hydroxylation is 1. The van der Waals surface area contributed by atoms with Crippen molar-refractivity contribution in [3.63, 3.8) is 0 Å². The number of nitrogens with one attached hydrogen (secondary N) is 1. The van der Waals surface area contributed by atoms with Crippen molar-refractivity contribution in [2.75, 3.05) is 30.4 Å². The Labute approximate surface area is 289 Å². The van der Waals surface area contributed by atoms with E-state index in [2.05, 4.69) is 50.6 Å². The number of aliphatic carboxylic acids is 1. The summed E-state index contributed by atoms with van der Waals surface area (Å²) in [4.78, 5) is 29.5. The molecule has 1 saturated heterocycles. The minimum Gasteiger partial charge on any atom is -0.480 e. The Bertz CT molecular complexity index is 1810. The largest absolute Gasteiger partial charge is 0.480 e. The van der Waals surface area contributed by atoms with Crippen LogP contribution in [0.3, 0.4) is 0 Å². The van der Waals surface area contributed by atoms with Crippen LogP contribution in [0.2, 0.25) is 0 Å². The van der Waals surface area contributed by atoms with Crippen LogP contribution >= 0.6 is 11.3 Å². The normalized spacial score (nSPS) is 21.5. The number of nitrogens with zero attached hydrogens (tertiary/aromatic N) is 9. The monoisotopic (exact) mass is 688 g/mol. The highest BCUT2D eigenvalue weighted by molar-refractivity contribution is 7.16. The van der Waals surface area contributed by atoms with E-state index in [1.165, 1.54) is 9.56 Å². The number of anilines is 2. The average molecular weight is 689 g/mol. The molecule has 1 fully saturated rings. The number of fused-ring (bicyclic) bond motifs is 1. The third-order valence-corrected chi connectivity index (χ3v) is 11.1. The van der Waals surface area contributed by atoms with Crippen molar-refractivity contribution in [2.24, 2.45) is 11.8 Å². The maximum Gasteiger partial charge on any atom is 0.328 e. The van der Waals surface area contributed by atoms with E-state index in [-0.39, 0.29) is 12.0 Å². The van der Waals surface area contributed by atoms with Crippen molar-refractivity contribution < 1.29 is 19.2 Å². The molecular weight excluding hydrogens is 645 g/mol. The second kappa shape index (κ2) is 14.5. The highest BCUT2D eigenvalue weighted by Gasteiger charge is 2.43. The van der Waals surface area contributed by atoms with E-state index in [4.69, 9.17) is 19.2 Å². The molecule has 2 aliphatic rings. The first kappa shape index (κ1) is 34.3. The summed E-state index contributed by atoms with van der Waals surface area (Å²) in [6, 6.07) is 3.68. The number of rotatable bonds is 12. The van der Waals surface area contributed by atoms with Crippen LogP contribution < -0.4 is 15.0 Å². The molecule has 1 aliphatic carbocycles. The Morgan fingerprint density at radius 1 is 1.33 bits per heavy atom. The van der Waals surface area contributed by atoms with E-state index in [1.54, 1.807) is 23.7 Å². The number of thiophene rings is 1. The van der Waals surface area contributed by atoms with Crippen molar-refractivity contribution in [1.82, 2.24) is 35.1 Å². The first-order valence-electron chi connectivity index (χ1n) is 17.1. The number of hydrogen-bond acceptors (Lipinski definition) is 13. The lowest BCUT2D eigenvalue weighted by atomic mass is 9.72. The molecule has 0 amide bonds. The molecule has 0 radical (unpaired) electrons. The standard InChI is InChI=1S/C34H44N10O4S/c1-20(2)28(31(45)46)44-19-26(40-42-44)47-16-8-10-22-9-7-15-43(21(3)17-22)33-37-14-12-24(38-33)29-39-32(48-41-29)34(4)13-6-11-25-27(34)23(18-35)30(36-5)49-25/h12,14,19-22,28,36H,6-11,13,15-17H2,1-5H3,(H,45,46)/t21-,22?,28?,34-/m0/s1. The van der Waals surface area contributed by atoms with Crippen molar-refractivity contribution in [1.29, 1.82) is 5.26 Å². The molecule has 14 nitrogen and oxygen atoms in total. The fourth-order valence-corrected chi connectivity index (χ4v) is 8.67. The zero-order valence-corrected chi connectivity index (χ0v) is 29.5. The summed E-state index contributed by atoms with van der Waals surface area (Å²) in [6.07, 6.45) is 11.0. The minimum atomic E-state index is -0.940. The summed E-state index contributed by atoms with van der Waals surface area (Å²) in [5.74, 6) is 1.37. The first-order valence-corrected chi connectivity index (χ1v) is 17.9. The van der Waals surface area contributed by atoms with Crippen LogP contribution in [-0.4, -0.2) is 72.4 Å². The van der Waals surface area contributed by atoms with Gasteiger partial charge in [-0.2, -0.15) is 10.2 Å². The van der Waals surface area contributed by atoms with Gasteiger partial charge in [0.15, 0.2) is 6.04 Å². The first-order chi connectivity index (χ1) is 23.6. The molecule has 0 spiro atoms. The predicted molar refractivity (Wildman–Crippen MR) is 184 cm³/mol. The van der Waals surface area contributed by atoms with Crippen LogP contribution in [0.4, 0.5) is 10.9 Å². The van der Waals surface area contributed by atoms with Gasteiger partial charge in [-0.05, 0) is 83.1 Å². The molecule has 4 aromatic rings. The van der Waals surface area contributed by atoms with Gasteiger partial charge in [0.2, 0.25) is 17.7 Å². The molecule has 49 heavy (non-hydrogen) atoms. The second-order valence-corrected chi connectivity index (χ2v) is 14.8. The van der Waals surface area contributed by atoms with Gasteiger partial charge in [0.25, 0.3) is 5.88 Å². The lowest BCUT2D eigenvalue weighted by Crippen LogP contribution is -2.34. The van der Waals surface area contributed by atoms with E-state index >= 15 is 0 Å². The highest BCUT2D eigenvalue weighted by Crippen LogP contribution is 2.49. The number of ether oxygens (including phenoxy) is 1. The minimum absolute atomic E-state index is 0.124. The second-order valence-electron chi connectivity index (χ2n) is 13.7. The van der Waals surface area contributed by atoms with Crippen molar-refractivity contribution in [2.45, 2.75) is 96.6 Å². The zero-order valence-electron chi connectivity index (χ0n) is 28.7. The molecule has 4 aromatic heterocycles. The summed E-state index contributed by atoms with van der Waals surface area (Å²) in [7, 11) is 1.85. The fourth-order valence-electron chi connectivity index (χ4n) is 7.40. The molecule has 4 atom stereocenters. The van der Waals surface area contributed by atoms with Crippen LogP contribution in [0, 0.1) is 23.2 Å². The molecule has 5 heterocycles. The van der Waals surface area contributed by atoms with Crippen LogP contribution in [0.5, 0.6) is 5.88 Å². The number of aromatic nitrogens is 7. The van der Waals surface area contributed by atoms with Gasteiger partial charge < -0.3 is 24.6 Å². The van der Waals surface area contributed by atoms with Crippen LogP contribution in [0.25, 0.3) is 11.5 Å². The molecular formula is C34H44N10O4S. The van der Waals surface area contributed by atoms with Gasteiger partial charge in [-0.3, -0.25) is 0 Å². The van der Waals surface area contributed by atoms with Crippen molar-refractivity contribution in [3.05, 3.63) is 40.4 Å². The molecule has 6 rings (SSSR count). The van der Waals surface area contributed by atoms with Gasteiger partial charge in [0.1, 0.15) is 16.8 Å². The van der Waals surface area contributed by atoms with E-state index in [1.807, 2.05) is 27.0 Å². The number of carboxylic acids is 1. The Morgan fingerprint density at radius 2 is 2.16 bits per heavy atom. The van der Waals surface area contributed by atoms with E-state index < -0.39 is 17.4 Å². The number of hydrogen-bond donors (Lipinski definition) is 2. The molecule has 0 bridgehead atoms. The Kier molecular flexibility index (Phi) is 10.1. The van der Waals surface area contributed by atoms with E-state index in [0.717, 1.165) is 68.5 Å². The van der Waals surface area contributed by atoms with Crippen LogP contribution in [0.1, 0.15) is 101 Å². The smallest absolute Gasteiger partial charge is 0.328 e. The van der Waals surface area contributed by atoms with Gasteiger partial charge in [0.05, 0.1) is 23.8 Å². The third-order valence-electron chi connectivity index (χ3n) is 9.86. The van der Waals surface area contributed by atoms with Crippen LogP contribution in [-0.2, 0) is 16.6 Å². The molecule has 0 aromatic carbocycles. The summed E-state index contributed by atoms with van der Waals surface area (Å²) in [6.45, 7) is 9.34. The van der Waals surface area contributed by atoms with E-state index in [9.17, 15) is 15.2 Å². The molecule has 2 unspecified atom stereocenters. The number of carboxylic acid groups (broad SMARTS) is 1. The molecule has 260 valence electrons. The zero-order chi connectivity index (χ0) is 34.7. The lowest BCUT2D eigenvalue weighted by molar-refractivity contribution is -0.142. The maximum atomic E-state index is 11.6. The molecule has 2 N–H and O–H groups in total. The third kappa shape index (κ3) is 6.96. The average Bonchev–Trinajstić information content (AvgIpc) is 3.81. The van der Waals surface area contributed by atoms with Crippen molar-refractivity contribution in [3.8, 4) is 23.5 Å². The Hall–Kier alpha value is -4.58. The van der Waals surface area contributed by atoms with Gasteiger partial charge >= 0.3 is 5.97 Å².